The maximum atomic E-state index is 12.0. The summed E-state index contributed by atoms with van der Waals surface area (Å²) in [4.78, 5) is 23.7. The van der Waals surface area contributed by atoms with Gasteiger partial charge >= 0.3 is 5.91 Å². The zero-order chi connectivity index (χ0) is 16.1. The van der Waals surface area contributed by atoms with E-state index in [2.05, 4.69) is 10.9 Å². The summed E-state index contributed by atoms with van der Waals surface area (Å²) < 4.78 is 5.39. The molecule has 1 fully saturated rings. The van der Waals surface area contributed by atoms with Crippen molar-refractivity contribution in [2.45, 2.75) is 11.0 Å². The van der Waals surface area contributed by atoms with Crippen LogP contribution in [-0.2, 0) is 0 Å². The van der Waals surface area contributed by atoms with Crippen molar-refractivity contribution >= 4 is 35.3 Å². The molecule has 1 aliphatic heterocycles. The predicted molar refractivity (Wildman–Crippen MR) is 92.4 cm³/mol. The second-order valence-electron chi connectivity index (χ2n) is 4.93. The van der Waals surface area contributed by atoms with E-state index in [0.29, 0.717) is 10.1 Å². The number of hydrogen-bond donors (Lipinski definition) is 2. The standard InChI is InChI=1S/C16H16N2O3S2/c19-14(17-18-15(20)13-3-1-8-21-13)11-4-6-12(7-5-11)16-22-9-2-10-23-16/h1,3-8,16H,2,9-10H2,(H,17,19)(H,18,20). The lowest BCUT2D eigenvalue weighted by molar-refractivity contribution is 0.0831. The van der Waals surface area contributed by atoms with Gasteiger partial charge in [-0.1, -0.05) is 12.1 Å². The summed E-state index contributed by atoms with van der Waals surface area (Å²) in [5, 5.41) is 0. The number of furan rings is 1. The minimum absolute atomic E-state index is 0.145. The van der Waals surface area contributed by atoms with Crippen molar-refractivity contribution in [2.24, 2.45) is 0 Å². The van der Waals surface area contributed by atoms with Gasteiger partial charge < -0.3 is 4.42 Å². The summed E-state index contributed by atoms with van der Waals surface area (Å²) in [6.45, 7) is 0. The minimum Gasteiger partial charge on any atom is -0.459 e. The van der Waals surface area contributed by atoms with Gasteiger partial charge in [-0.15, -0.1) is 23.5 Å². The van der Waals surface area contributed by atoms with Crippen LogP contribution in [0.25, 0.3) is 0 Å². The number of hydrazine groups is 1. The number of thioether (sulfide) groups is 2. The molecule has 0 atom stereocenters. The summed E-state index contributed by atoms with van der Waals surface area (Å²) in [7, 11) is 0. The van der Waals surface area contributed by atoms with E-state index >= 15 is 0 Å². The van der Waals surface area contributed by atoms with Crippen LogP contribution in [0.1, 0.15) is 37.5 Å². The van der Waals surface area contributed by atoms with Gasteiger partial charge in [0.15, 0.2) is 5.76 Å². The molecule has 120 valence electrons. The summed E-state index contributed by atoms with van der Waals surface area (Å²) in [6.07, 6.45) is 2.65. The van der Waals surface area contributed by atoms with E-state index in [0.717, 1.165) is 0 Å². The normalized spacial score (nSPS) is 15.1. The summed E-state index contributed by atoms with van der Waals surface area (Å²) in [6, 6.07) is 10.6. The van der Waals surface area contributed by atoms with Crippen molar-refractivity contribution in [3.63, 3.8) is 0 Å². The van der Waals surface area contributed by atoms with Gasteiger partial charge in [-0.2, -0.15) is 0 Å². The van der Waals surface area contributed by atoms with Gasteiger partial charge in [-0.05, 0) is 47.8 Å². The smallest absolute Gasteiger partial charge is 0.305 e. The van der Waals surface area contributed by atoms with E-state index in [1.165, 1.54) is 35.8 Å². The lowest BCUT2D eigenvalue weighted by atomic mass is 10.1. The van der Waals surface area contributed by atoms with Gasteiger partial charge in [0, 0.05) is 5.56 Å². The molecule has 1 aromatic carbocycles. The number of benzene rings is 1. The summed E-state index contributed by atoms with van der Waals surface area (Å²) >= 11 is 3.88. The maximum Gasteiger partial charge on any atom is 0.305 e. The van der Waals surface area contributed by atoms with Gasteiger partial charge in [-0.3, -0.25) is 20.4 Å². The summed E-state index contributed by atoms with van der Waals surface area (Å²) in [5.74, 6) is 1.65. The number of amides is 2. The SMILES string of the molecule is O=C(NNC(=O)c1ccco1)c1ccc(C2SCCCS2)cc1. The molecule has 23 heavy (non-hydrogen) atoms. The minimum atomic E-state index is -0.491. The molecule has 2 heterocycles. The second kappa shape index (κ2) is 7.61. The Bertz CT molecular complexity index is 665. The fourth-order valence-corrected chi connectivity index (χ4v) is 5.02. The highest BCUT2D eigenvalue weighted by Gasteiger charge is 2.17. The van der Waals surface area contributed by atoms with E-state index in [-0.39, 0.29) is 11.7 Å². The van der Waals surface area contributed by atoms with Crippen molar-refractivity contribution in [1.29, 1.82) is 0 Å². The van der Waals surface area contributed by atoms with Crippen LogP contribution >= 0.6 is 23.5 Å². The van der Waals surface area contributed by atoms with Crippen LogP contribution in [0.4, 0.5) is 0 Å². The third kappa shape index (κ3) is 4.11. The zero-order valence-corrected chi connectivity index (χ0v) is 13.9. The molecular weight excluding hydrogens is 332 g/mol. The van der Waals surface area contributed by atoms with Crippen molar-refractivity contribution in [3.8, 4) is 0 Å². The first-order valence-electron chi connectivity index (χ1n) is 7.21. The Morgan fingerprint density at radius 1 is 1.00 bits per heavy atom. The molecule has 2 N–H and O–H groups in total. The fourth-order valence-electron chi connectivity index (χ4n) is 2.13. The Balaban J connectivity index is 1.56. The molecule has 0 spiro atoms. The maximum absolute atomic E-state index is 12.0. The summed E-state index contributed by atoms with van der Waals surface area (Å²) in [5.41, 5.74) is 6.42. The first-order valence-corrected chi connectivity index (χ1v) is 9.31. The molecule has 2 amide bonds. The first-order chi connectivity index (χ1) is 11.2. The molecule has 1 saturated heterocycles. The number of carbonyl (C=O) groups excluding carboxylic acids is 2. The third-order valence-corrected chi connectivity index (χ3v) is 6.32. The lowest BCUT2D eigenvalue weighted by Gasteiger charge is -2.21. The average molecular weight is 348 g/mol. The highest BCUT2D eigenvalue weighted by Crippen LogP contribution is 2.43. The highest BCUT2D eigenvalue weighted by atomic mass is 32.2. The average Bonchev–Trinajstić information content (AvgIpc) is 3.15. The van der Waals surface area contributed by atoms with Crippen molar-refractivity contribution < 1.29 is 14.0 Å². The van der Waals surface area contributed by atoms with E-state index in [4.69, 9.17) is 4.42 Å². The highest BCUT2D eigenvalue weighted by molar-refractivity contribution is 8.16. The van der Waals surface area contributed by atoms with E-state index in [9.17, 15) is 9.59 Å². The number of hydrogen-bond acceptors (Lipinski definition) is 5. The molecule has 1 aromatic heterocycles. The van der Waals surface area contributed by atoms with Crippen LogP contribution in [0.2, 0.25) is 0 Å². The van der Waals surface area contributed by atoms with Crippen molar-refractivity contribution in [1.82, 2.24) is 10.9 Å². The number of carbonyl (C=O) groups is 2. The first kappa shape index (κ1) is 16.0. The Hall–Kier alpha value is -1.86. The molecule has 0 aliphatic carbocycles. The van der Waals surface area contributed by atoms with Crippen molar-refractivity contribution in [3.05, 3.63) is 59.5 Å². The Morgan fingerprint density at radius 2 is 1.70 bits per heavy atom. The predicted octanol–water partition coefficient (Wildman–Crippen LogP) is 3.22. The lowest BCUT2D eigenvalue weighted by Crippen LogP contribution is -2.41. The molecule has 0 saturated carbocycles. The number of rotatable bonds is 3. The molecule has 5 nitrogen and oxygen atoms in total. The molecule has 0 radical (unpaired) electrons. The molecule has 0 bridgehead atoms. The quantitative estimate of drug-likeness (QED) is 0.834. The molecule has 0 unspecified atom stereocenters. The van der Waals surface area contributed by atoms with Gasteiger partial charge in [0.2, 0.25) is 0 Å². The van der Waals surface area contributed by atoms with E-state index in [1.807, 2.05) is 35.7 Å². The van der Waals surface area contributed by atoms with E-state index in [1.54, 1.807) is 18.2 Å². The topological polar surface area (TPSA) is 71.3 Å². The fraction of sp³-hybridized carbons (Fsp3) is 0.250. The van der Waals surface area contributed by atoms with Gasteiger partial charge in [-0.25, -0.2) is 0 Å². The van der Waals surface area contributed by atoms with Crippen LogP contribution < -0.4 is 10.9 Å². The van der Waals surface area contributed by atoms with Crippen molar-refractivity contribution in [2.75, 3.05) is 11.5 Å². The molecular formula is C16H16N2O3S2. The molecule has 7 heteroatoms. The molecule has 2 aromatic rings. The number of nitrogens with one attached hydrogen (secondary N) is 2. The largest absolute Gasteiger partial charge is 0.459 e. The Morgan fingerprint density at radius 3 is 2.35 bits per heavy atom. The van der Waals surface area contributed by atoms with Crippen LogP contribution in [-0.4, -0.2) is 23.3 Å². The van der Waals surface area contributed by atoms with Crippen LogP contribution in [0.15, 0.2) is 47.1 Å². The zero-order valence-electron chi connectivity index (χ0n) is 12.3. The third-order valence-electron chi connectivity index (χ3n) is 3.31. The monoisotopic (exact) mass is 348 g/mol. The van der Waals surface area contributed by atoms with Gasteiger partial charge in [0.25, 0.3) is 5.91 Å². The van der Waals surface area contributed by atoms with Gasteiger partial charge in [0.05, 0.1) is 10.8 Å². The second-order valence-corrected chi connectivity index (χ2v) is 7.66. The Labute approximate surface area is 142 Å². The Kier molecular flexibility index (Phi) is 5.30. The van der Waals surface area contributed by atoms with Crippen LogP contribution in [0.5, 0.6) is 0 Å². The van der Waals surface area contributed by atoms with E-state index < -0.39 is 5.91 Å². The molecule has 3 rings (SSSR count). The van der Waals surface area contributed by atoms with Gasteiger partial charge in [0.1, 0.15) is 0 Å². The van der Waals surface area contributed by atoms with Crippen LogP contribution in [0, 0.1) is 0 Å². The van der Waals surface area contributed by atoms with Crippen LogP contribution in [0.3, 0.4) is 0 Å². The molecule has 1 aliphatic rings.